The van der Waals surface area contributed by atoms with E-state index in [0.29, 0.717) is 24.5 Å². The van der Waals surface area contributed by atoms with E-state index in [1.807, 2.05) is 37.3 Å². The van der Waals surface area contributed by atoms with E-state index in [4.69, 9.17) is 9.47 Å². The number of nitrogens with zero attached hydrogens (tertiary/aromatic N) is 2. The highest BCUT2D eigenvalue weighted by Crippen LogP contribution is 2.26. The van der Waals surface area contributed by atoms with Crippen LogP contribution in [0.1, 0.15) is 22.3 Å². The van der Waals surface area contributed by atoms with Gasteiger partial charge in [-0.15, -0.1) is 0 Å². The molecule has 2 aromatic carbocycles. The predicted molar refractivity (Wildman–Crippen MR) is 109 cm³/mol. The number of ether oxygens (including phenoxy) is 2. The van der Waals surface area contributed by atoms with Crippen molar-refractivity contribution in [3.63, 3.8) is 0 Å². The molecule has 3 aromatic rings. The first-order valence-corrected chi connectivity index (χ1v) is 9.09. The van der Waals surface area contributed by atoms with Gasteiger partial charge in [0.15, 0.2) is 0 Å². The van der Waals surface area contributed by atoms with Gasteiger partial charge in [0, 0.05) is 17.7 Å². The summed E-state index contributed by atoms with van der Waals surface area (Å²) in [5.41, 5.74) is 4.33. The Labute approximate surface area is 165 Å². The van der Waals surface area contributed by atoms with Gasteiger partial charge in [0.1, 0.15) is 17.3 Å². The number of benzene rings is 2. The van der Waals surface area contributed by atoms with Crippen LogP contribution in [-0.4, -0.2) is 29.9 Å². The SMILES string of the molecule is COc1ccc(Cn2nccc2NC(=O)Cc2ccc(C)c(C)c2)c(OC)c1. The number of methoxy groups -OCH3 is 2. The molecule has 0 atom stereocenters. The van der Waals surface area contributed by atoms with Crippen LogP contribution in [0, 0.1) is 13.8 Å². The Balaban J connectivity index is 1.71. The number of aryl methyl sites for hydroxylation is 2. The maximum Gasteiger partial charge on any atom is 0.229 e. The van der Waals surface area contributed by atoms with Gasteiger partial charge in [-0.1, -0.05) is 18.2 Å². The number of carbonyl (C=O) groups is 1. The zero-order valence-corrected chi connectivity index (χ0v) is 16.7. The van der Waals surface area contributed by atoms with Crippen molar-refractivity contribution in [2.24, 2.45) is 0 Å². The van der Waals surface area contributed by atoms with E-state index in [0.717, 1.165) is 16.9 Å². The zero-order chi connectivity index (χ0) is 20.1. The fourth-order valence-electron chi connectivity index (χ4n) is 2.99. The number of hydrogen-bond donors (Lipinski definition) is 1. The van der Waals surface area contributed by atoms with Crippen molar-refractivity contribution in [3.8, 4) is 11.5 Å². The van der Waals surface area contributed by atoms with Crippen molar-refractivity contribution in [1.29, 1.82) is 0 Å². The first kappa shape index (κ1) is 19.5. The minimum Gasteiger partial charge on any atom is -0.497 e. The number of aromatic nitrogens is 2. The van der Waals surface area contributed by atoms with E-state index in [9.17, 15) is 4.79 Å². The Hall–Kier alpha value is -3.28. The fourth-order valence-corrected chi connectivity index (χ4v) is 2.99. The van der Waals surface area contributed by atoms with E-state index in [1.54, 1.807) is 31.2 Å². The minimum absolute atomic E-state index is 0.0771. The summed E-state index contributed by atoms with van der Waals surface area (Å²) in [7, 11) is 3.23. The lowest BCUT2D eigenvalue weighted by molar-refractivity contribution is -0.115. The summed E-state index contributed by atoms with van der Waals surface area (Å²) in [4.78, 5) is 12.5. The van der Waals surface area contributed by atoms with Crippen LogP contribution in [-0.2, 0) is 17.8 Å². The molecule has 0 saturated carbocycles. The highest BCUT2D eigenvalue weighted by Gasteiger charge is 2.12. The largest absolute Gasteiger partial charge is 0.497 e. The maximum atomic E-state index is 12.5. The normalized spacial score (nSPS) is 10.6. The average molecular weight is 379 g/mol. The zero-order valence-electron chi connectivity index (χ0n) is 16.7. The average Bonchev–Trinajstić information content (AvgIpc) is 3.11. The topological polar surface area (TPSA) is 65.4 Å². The summed E-state index contributed by atoms with van der Waals surface area (Å²) in [5.74, 6) is 2.00. The van der Waals surface area contributed by atoms with E-state index in [1.165, 1.54) is 11.1 Å². The minimum atomic E-state index is -0.0771. The Bertz CT molecular complexity index is 979. The second-order valence-corrected chi connectivity index (χ2v) is 6.70. The van der Waals surface area contributed by atoms with Crippen molar-refractivity contribution in [2.75, 3.05) is 19.5 Å². The molecule has 0 aliphatic heterocycles. The molecule has 3 rings (SSSR count). The fraction of sp³-hybridized carbons (Fsp3) is 0.273. The van der Waals surface area contributed by atoms with Gasteiger partial charge in [-0.25, -0.2) is 4.68 Å². The third-order valence-electron chi connectivity index (χ3n) is 4.73. The Morgan fingerprint density at radius 1 is 1.04 bits per heavy atom. The van der Waals surface area contributed by atoms with Crippen molar-refractivity contribution in [2.45, 2.75) is 26.8 Å². The van der Waals surface area contributed by atoms with E-state index in [-0.39, 0.29) is 5.91 Å². The molecule has 1 heterocycles. The smallest absolute Gasteiger partial charge is 0.229 e. The molecule has 1 N–H and O–H groups in total. The van der Waals surface area contributed by atoms with Gasteiger partial charge < -0.3 is 14.8 Å². The Kier molecular flexibility index (Phi) is 5.99. The maximum absolute atomic E-state index is 12.5. The molecule has 1 aromatic heterocycles. The summed E-state index contributed by atoms with van der Waals surface area (Å²) in [6, 6.07) is 13.5. The second-order valence-electron chi connectivity index (χ2n) is 6.70. The lowest BCUT2D eigenvalue weighted by Gasteiger charge is -2.13. The molecule has 0 aliphatic carbocycles. The number of nitrogens with one attached hydrogen (secondary N) is 1. The molecule has 0 aliphatic rings. The molecule has 1 amide bonds. The van der Waals surface area contributed by atoms with Crippen LogP contribution in [0.3, 0.4) is 0 Å². The molecular weight excluding hydrogens is 354 g/mol. The molecule has 146 valence electrons. The number of anilines is 1. The molecule has 0 radical (unpaired) electrons. The highest BCUT2D eigenvalue weighted by atomic mass is 16.5. The van der Waals surface area contributed by atoms with Crippen molar-refractivity contribution in [3.05, 3.63) is 70.9 Å². The van der Waals surface area contributed by atoms with Gasteiger partial charge in [-0.3, -0.25) is 4.79 Å². The molecule has 28 heavy (non-hydrogen) atoms. The van der Waals surface area contributed by atoms with Gasteiger partial charge in [0.05, 0.1) is 33.4 Å². The van der Waals surface area contributed by atoms with Crippen LogP contribution in [0.2, 0.25) is 0 Å². The van der Waals surface area contributed by atoms with Gasteiger partial charge in [-0.2, -0.15) is 5.10 Å². The summed E-state index contributed by atoms with van der Waals surface area (Å²) in [6.07, 6.45) is 1.99. The van der Waals surface area contributed by atoms with Crippen LogP contribution < -0.4 is 14.8 Å². The molecule has 6 nitrogen and oxygen atoms in total. The Morgan fingerprint density at radius 2 is 1.86 bits per heavy atom. The van der Waals surface area contributed by atoms with Crippen molar-refractivity contribution < 1.29 is 14.3 Å². The molecule has 0 spiro atoms. The van der Waals surface area contributed by atoms with Gasteiger partial charge >= 0.3 is 0 Å². The number of carbonyl (C=O) groups excluding carboxylic acids is 1. The van der Waals surface area contributed by atoms with Crippen LogP contribution in [0.15, 0.2) is 48.7 Å². The molecular formula is C22H25N3O3. The van der Waals surface area contributed by atoms with Gasteiger partial charge in [0.25, 0.3) is 0 Å². The summed E-state index contributed by atoms with van der Waals surface area (Å²) in [6.45, 7) is 4.58. The predicted octanol–water partition coefficient (Wildman–Crippen LogP) is 3.75. The van der Waals surface area contributed by atoms with E-state index in [2.05, 4.69) is 23.4 Å². The van der Waals surface area contributed by atoms with Crippen LogP contribution in [0.4, 0.5) is 5.82 Å². The quantitative estimate of drug-likeness (QED) is 0.679. The van der Waals surface area contributed by atoms with Crippen LogP contribution in [0.25, 0.3) is 0 Å². The van der Waals surface area contributed by atoms with Crippen LogP contribution in [0.5, 0.6) is 11.5 Å². The van der Waals surface area contributed by atoms with Crippen molar-refractivity contribution in [1.82, 2.24) is 9.78 Å². The van der Waals surface area contributed by atoms with E-state index < -0.39 is 0 Å². The Morgan fingerprint density at radius 3 is 2.57 bits per heavy atom. The standard InChI is InChI=1S/C22H25N3O3/c1-15-5-6-17(11-16(15)2)12-22(26)24-21-9-10-23-25(21)14-18-7-8-19(27-3)13-20(18)28-4/h5-11,13H,12,14H2,1-4H3,(H,24,26). The monoisotopic (exact) mass is 379 g/mol. The van der Waals surface area contributed by atoms with Gasteiger partial charge in [-0.05, 0) is 42.7 Å². The molecule has 0 saturated heterocycles. The summed E-state index contributed by atoms with van der Waals surface area (Å²) < 4.78 is 12.4. The van der Waals surface area contributed by atoms with E-state index >= 15 is 0 Å². The van der Waals surface area contributed by atoms with Gasteiger partial charge in [0.2, 0.25) is 5.91 Å². The number of hydrogen-bond acceptors (Lipinski definition) is 4. The molecule has 0 bridgehead atoms. The molecule has 6 heteroatoms. The first-order chi connectivity index (χ1) is 13.5. The van der Waals surface area contributed by atoms with Crippen LogP contribution >= 0.6 is 0 Å². The molecule has 0 fully saturated rings. The lowest BCUT2D eigenvalue weighted by Crippen LogP contribution is -2.18. The third kappa shape index (κ3) is 4.52. The second kappa shape index (κ2) is 8.61. The number of rotatable bonds is 7. The summed E-state index contributed by atoms with van der Waals surface area (Å²) in [5, 5.41) is 7.28. The molecule has 0 unspecified atom stereocenters. The summed E-state index contributed by atoms with van der Waals surface area (Å²) >= 11 is 0. The third-order valence-corrected chi connectivity index (χ3v) is 4.73. The van der Waals surface area contributed by atoms with Crippen molar-refractivity contribution >= 4 is 11.7 Å². The highest BCUT2D eigenvalue weighted by molar-refractivity contribution is 5.91. The lowest BCUT2D eigenvalue weighted by atomic mass is 10.0. The number of amides is 1. The first-order valence-electron chi connectivity index (χ1n) is 9.09.